The van der Waals surface area contributed by atoms with Gasteiger partial charge in [0.1, 0.15) is 0 Å². The minimum atomic E-state index is -0.435. The summed E-state index contributed by atoms with van der Waals surface area (Å²) in [5.74, 6) is -0.370. The van der Waals surface area contributed by atoms with E-state index in [1.807, 2.05) is 4.90 Å². The SMILES string of the molecule is Cl.O=C(COc1ccccc1F)N1CCC(N2CCNCC2)C1. The average Bonchev–Trinajstić information content (AvgIpc) is 3.05. The van der Waals surface area contributed by atoms with E-state index < -0.39 is 5.82 Å². The first-order valence-electron chi connectivity index (χ1n) is 7.84. The zero-order chi connectivity index (χ0) is 15.4. The second kappa shape index (κ2) is 8.47. The number of piperazine rings is 1. The Hall–Kier alpha value is -1.37. The Morgan fingerprint density at radius 3 is 2.74 bits per heavy atom. The first-order chi connectivity index (χ1) is 10.7. The van der Waals surface area contributed by atoms with E-state index in [-0.39, 0.29) is 30.7 Å². The molecule has 1 atom stereocenters. The molecule has 0 radical (unpaired) electrons. The predicted molar refractivity (Wildman–Crippen MR) is 88.6 cm³/mol. The van der Waals surface area contributed by atoms with Gasteiger partial charge in [-0.05, 0) is 18.6 Å². The number of hydrogen-bond donors (Lipinski definition) is 1. The van der Waals surface area contributed by atoms with Gasteiger partial charge in [0, 0.05) is 45.3 Å². The molecule has 2 aliphatic heterocycles. The Morgan fingerprint density at radius 1 is 1.26 bits per heavy atom. The summed E-state index contributed by atoms with van der Waals surface area (Å²) in [6, 6.07) is 6.60. The van der Waals surface area contributed by atoms with Crippen LogP contribution >= 0.6 is 12.4 Å². The zero-order valence-electron chi connectivity index (χ0n) is 13.0. The van der Waals surface area contributed by atoms with E-state index in [0.29, 0.717) is 6.04 Å². The van der Waals surface area contributed by atoms with Crippen molar-refractivity contribution in [3.05, 3.63) is 30.1 Å². The Kier molecular flexibility index (Phi) is 6.62. The number of amides is 1. The van der Waals surface area contributed by atoms with Crippen LogP contribution in [-0.2, 0) is 4.79 Å². The number of ether oxygens (including phenoxy) is 1. The van der Waals surface area contributed by atoms with Gasteiger partial charge in [-0.1, -0.05) is 12.1 Å². The molecule has 0 aliphatic carbocycles. The molecule has 2 saturated heterocycles. The number of rotatable bonds is 4. The van der Waals surface area contributed by atoms with E-state index in [1.165, 1.54) is 12.1 Å². The van der Waals surface area contributed by atoms with Crippen LogP contribution in [0.3, 0.4) is 0 Å². The number of nitrogens with zero attached hydrogens (tertiary/aromatic N) is 2. The highest BCUT2D eigenvalue weighted by molar-refractivity contribution is 5.85. The van der Waals surface area contributed by atoms with Gasteiger partial charge in [0.15, 0.2) is 18.2 Å². The zero-order valence-corrected chi connectivity index (χ0v) is 13.9. The van der Waals surface area contributed by atoms with E-state index in [2.05, 4.69) is 10.2 Å². The minimum absolute atomic E-state index is 0. The number of para-hydroxylation sites is 1. The molecule has 2 aliphatic rings. The second-order valence-electron chi connectivity index (χ2n) is 5.79. The van der Waals surface area contributed by atoms with E-state index >= 15 is 0 Å². The lowest BCUT2D eigenvalue weighted by Gasteiger charge is -2.32. The topological polar surface area (TPSA) is 44.8 Å². The van der Waals surface area contributed by atoms with Crippen LogP contribution in [0.2, 0.25) is 0 Å². The Labute approximate surface area is 142 Å². The van der Waals surface area contributed by atoms with Crippen LogP contribution in [0.1, 0.15) is 6.42 Å². The van der Waals surface area contributed by atoms with Crippen LogP contribution in [0.15, 0.2) is 24.3 Å². The van der Waals surface area contributed by atoms with Crippen molar-refractivity contribution in [2.75, 3.05) is 45.9 Å². The van der Waals surface area contributed by atoms with Crippen LogP contribution in [0, 0.1) is 5.82 Å². The van der Waals surface area contributed by atoms with Crippen molar-refractivity contribution < 1.29 is 13.9 Å². The van der Waals surface area contributed by atoms with Gasteiger partial charge in [0.25, 0.3) is 5.91 Å². The van der Waals surface area contributed by atoms with Gasteiger partial charge in [-0.25, -0.2) is 4.39 Å². The van der Waals surface area contributed by atoms with Gasteiger partial charge >= 0.3 is 0 Å². The Balaban J connectivity index is 0.00000192. The number of likely N-dealkylation sites (tertiary alicyclic amines) is 1. The molecule has 2 heterocycles. The van der Waals surface area contributed by atoms with Crippen molar-refractivity contribution >= 4 is 18.3 Å². The average molecular weight is 344 g/mol. The van der Waals surface area contributed by atoms with Crippen LogP contribution in [0.4, 0.5) is 4.39 Å². The van der Waals surface area contributed by atoms with E-state index in [0.717, 1.165) is 45.7 Å². The minimum Gasteiger partial charge on any atom is -0.481 e. The van der Waals surface area contributed by atoms with Gasteiger partial charge in [0.05, 0.1) is 0 Å². The van der Waals surface area contributed by atoms with Crippen LogP contribution < -0.4 is 10.1 Å². The van der Waals surface area contributed by atoms with Crippen LogP contribution in [-0.4, -0.2) is 67.6 Å². The first kappa shape index (κ1) is 18.0. The normalized spacial score (nSPS) is 21.8. The summed E-state index contributed by atoms with van der Waals surface area (Å²) in [5, 5.41) is 3.34. The molecule has 0 aromatic heterocycles. The van der Waals surface area contributed by atoms with E-state index in [1.54, 1.807) is 12.1 Å². The molecule has 7 heteroatoms. The van der Waals surface area contributed by atoms with Crippen molar-refractivity contribution in [1.29, 1.82) is 0 Å². The molecule has 0 bridgehead atoms. The molecule has 1 aromatic carbocycles. The monoisotopic (exact) mass is 343 g/mol. The predicted octanol–water partition coefficient (Wildman–Crippen LogP) is 1.13. The molecule has 3 rings (SSSR count). The number of benzene rings is 1. The number of nitrogens with one attached hydrogen (secondary N) is 1. The third kappa shape index (κ3) is 4.56. The molecule has 5 nitrogen and oxygen atoms in total. The molecule has 1 aromatic rings. The summed E-state index contributed by atoms with van der Waals surface area (Å²) in [4.78, 5) is 16.5. The molecule has 0 saturated carbocycles. The maximum atomic E-state index is 13.5. The summed E-state index contributed by atoms with van der Waals surface area (Å²) < 4.78 is 18.8. The number of carbonyl (C=O) groups is 1. The fourth-order valence-corrected chi connectivity index (χ4v) is 3.11. The van der Waals surface area contributed by atoms with Crippen LogP contribution in [0.25, 0.3) is 0 Å². The van der Waals surface area contributed by atoms with Gasteiger partial charge < -0.3 is 15.0 Å². The lowest BCUT2D eigenvalue weighted by atomic mass is 10.2. The molecule has 0 spiro atoms. The molecule has 128 valence electrons. The summed E-state index contributed by atoms with van der Waals surface area (Å²) in [6.07, 6.45) is 1.01. The summed E-state index contributed by atoms with van der Waals surface area (Å²) >= 11 is 0. The molecule has 1 amide bonds. The highest BCUT2D eigenvalue weighted by Gasteiger charge is 2.30. The van der Waals surface area contributed by atoms with Gasteiger partial charge in [-0.2, -0.15) is 0 Å². The largest absolute Gasteiger partial charge is 0.481 e. The third-order valence-corrected chi connectivity index (χ3v) is 4.37. The molecule has 1 unspecified atom stereocenters. The quantitative estimate of drug-likeness (QED) is 0.890. The summed E-state index contributed by atoms with van der Waals surface area (Å²) in [5.41, 5.74) is 0. The number of halogens is 2. The van der Waals surface area contributed by atoms with Crippen LogP contribution in [0.5, 0.6) is 5.75 Å². The molecular weight excluding hydrogens is 321 g/mol. The van der Waals surface area contributed by atoms with Crippen molar-refractivity contribution in [2.45, 2.75) is 12.5 Å². The van der Waals surface area contributed by atoms with Crippen molar-refractivity contribution in [2.24, 2.45) is 0 Å². The maximum absolute atomic E-state index is 13.5. The molecule has 23 heavy (non-hydrogen) atoms. The van der Waals surface area contributed by atoms with Gasteiger partial charge in [-0.3, -0.25) is 9.69 Å². The molecular formula is C16H23ClFN3O2. The first-order valence-corrected chi connectivity index (χ1v) is 7.84. The highest BCUT2D eigenvalue weighted by atomic mass is 35.5. The standard InChI is InChI=1S/C16H22FN3O2.ClH/c17-14-3-1-2-4-15(14)22-12-16(21)20-8-5-13(11-20)19-9-6-18-7-10-19;/h1-4,13,18H,5-12H2;1H. The smallest absolute Gasteiger partial charge is 0.260 e. The molecule has 2 fully saturated rings. The van der Waals surface area contributed by atoms with Crippen molar-refractivity contribution in [3.63, 3.8) is 0 Å². The van der Waals surface area contributed by atoms with E-state index in [4.69, 9.17) is 4.74 Å². The maximum Gasteiger partial charge on any atom is 0.260 e. The Morgan fingerprint density at radius 2 is 2.00 bits per heavy atom. The third-order valence-electron chi connectivity index (χ3n) is 4.37. The van der Waals surface area contributed by atoms with Crippen molar-refractivity contribution in [1.82, 2.24) is 15.1 Å². The van der Waals surface area contributed by atoms with E-state index in [9.17, 15) is 9.18 Å². The Bertz CT molecular complexity index is 526. The summed E-state index contributed by atoms with van der Waals surface area (Å²) in [6.45, 7) is 5.52. The molecule has 1 N–H and O–H groups in total. The number of carbonyl (C=O) groups excluding carboxylic acids is 1. The highest BCUT2D eigenvalue weighted by Crippen LogP contribution is 2.18. The lowest BCUT2D eigenvalue weighted by Crippen LogP contribution is -2.49. The fourth-order valence-electron chi connectivity index (χ4n) is 3.11. The van der Waals surface area contributed by atoms with Crippen molar-refractivity contribution in [3.8, 4) is 5.75 Å². The second-order valence-corrected chi connectivity index (χ2v) is 5.79. The van der Waals surface area contributed by atoms with Gasteiger partial charge in [0.2, 0.25) is 0 Å². The fraction of sp³-hybridized carbons (Fsp3) is 0.562. The number of hydrogen-bond acceptors (Lipinski definition) is 4. The lowest BCUT2D eigenvalue weighted by molar-refractivity contribution is -0.132. The van der Waals surface area contributed by atoms with Gasteiger partial charge in [-0.15, -0.1) is 12.4 Å². The summed E-state index contributed by atoms with van der Waals surface area (Å²) in [7, 11) is 0.